The molecule has 21 heavy (non-hydrogen) atoms. The number of nitrogens with one attached hydrogen (secondary N) is 1. The van der Waals surface area contributed by atoms with Gasteiger partial charge in [0.1, 0.15) is 0 Å². The van der Waals surface area contributed by atoms with Crippen LogP contribution in [0.25, 0.3) is 0 Å². The van der Waals surface area contributed by atoms with Crippen LogP contribution in [0.4, 0.5) is 0 Å². The Morgan fingerprint density at radius 3 is 2.00 bits per heavy atom. The minimum atomic E-state index is 0.589. The van der Waals surface area contributed by atoms with Crippen molar-refractivity contribution in [2.24, 2.45) is 46.8 Å². The molecular weight excluding hydrogens is 256 g/mol. The summed E-state index contributed by atoms with van der Waals surface area (Å²) in [7, 11) is 0. The van der Waals surface area contributed by atoms with Crippen molar-refractivity contribution >= 4 is 0 Å². The topological polar surface area (TPSA) is 38.0 Å². The maximum Gasteiger partial charge on any atom is 0.0269 e. The van der Waals surface area contributed by atoms with Crippen LogP contribution in [0, 0.1) is 40.9 Å². The fourth-order valence-electron chi connectivity index (χ4n) is 8.07. The van der Waals surface area contributed by atoms with Gasteiger partial charge in [-0.15, -0.1) is 0 Å². The average molecular weight is 288 g/mol. The lowest BCUT2D eigenvalue weighted by atomic mass is 9.47. The molecule has 4 atom stereocenters. The van der Waals surface area contributed by atoms with Crippen LogP contribution in [0.1, 0.15) is 70.6 Å². The lowest BCUT2D eigenvalue weighted by Crippen LogP contribution is -2.58. The zero-order chi connectivity index (χ0) is 14.0. The van der Waals surface area contributed by atoms with Gasteiger partial charge in [0.15, 0.2) is 0 Å². The maximum absolute atomic E-state index is 6.12. The molecule has 0 spiro atoms. The molecule has 118 valence electrons. The van der Waals surface area contributed by atoms with E-state index >= 15 is 0 Å². The Labute approximate surface area is 129 Å². The van der Waals surface area contributed by atoms with Crippen molar-refractivity contribution in [2.45, 2.75) is 76.7 Å². The van der Waals surface area contributed by atoms with Crippen molar-refractivity contribution in [3.8, 4) is 0 Å². The molecule has 0 aromatic carbocycles. The first-order valence-electron chi connectivity index (χ1n) is 9.70. The minimum Gasteiger partial charge on any atom is -0.271 e. The van der Waals surface area contributed by atoms with E-state index in [0.717, 1.165) is 35.5 Å². The highest BCUT2D eigenvalue weighted by Crippen LogP contribution is 2.62. The van der Waals surface area contributed by atoms with Gasteiger partial charge in [-0.05, 0) is 105 Å². The van der Waals surface area contributed by atoms with E-state index in [1.54, 1.807) is 25.7 Å². The monoisotopic (exact) mass is 288 g/mol. The van der Waals surface area contributed by atoms with Gasteiger partial charge in [-0.1, -0.05) is 6.42 Å². The second-order valence-electron chi connectivity index (χ2n) is 9.67. The van der Waals surface area contributed by atoms with Gasteiger partial charge < -0.3 is 0 Å². The van der Waals surface area contributed by atoms with Gasteiger partial charge in [0.25, 0.3) is 0 Å². The van der Waals surface area contributed by atoms with Gasteiger partial charge >= 0.3 is 0 Å². The highest BCUT2D eigenvalue weighted by molar-refractivity contribution is 5.07. The average Bonchev–Trinajstić information content (AvgIpc) is 3.05. The third-order valence-electron chi connectivity index (χ3n) is 8.45. The van der Waals surface area contributed by atoms with Crippen molar-refractivity contribution in [3.05, 3.63) is 0 Å². The SMILES string of the molecule is NNC(CC1CC2CCC1C2)C12CC3CC(CC(C3)C1)C2. The Kier molecular flexibility index (Phi) is 3.00. The summed E-state index contributed by atoms with van der Waals surface area (Å²) in [6.45, 7) is 0. The van der Waals surface area contributed by atoms with Crippen LogP contribution in [0.3, 0.4) is 0 Å². The van der Waals surface area contributed by atoms with Crippen molar-refractivity contribution in [2.75, 3.05) is 0 Å². The third kappa shape index (κ3) is 2.05. The van der Waals surface area contributed by atoms with Gasteiger partial charge in [0.2, 0.25) is 0 Å². The van der Waals surface area contributed by atoms with Crippen LogP contribution in [0.2, 0.25) is 0 Å². The summed E-state index contributed by atoms with van der Waals surface area (Å²) in [5.41, 5.74) is 3.93. The third-order valence-corrected chi connectivity index (χ3v) is 8.45. The predicted octanol–water partition coefficient (Wildman–Crippen LogP) is 3.86. The molecule has 4 unspecified atom stereocenters. The van der Waals surface area contributed by atoms with E-state index in [2.05, 4.69) is 5.43 Å². The van der Waals surface area contributed by atoms with Crippen LogP contribution >= 0.6 is 0 Å². The van der Waals surface area contributed by atoms with E-state index in [1.165, 1.54) is 44.9 Å². The fourth-order valence-corrected chi connectivity index (χ4v) is 8.07. The highest BCUT2D eigenvalue weighted by atomic mass is 15.2. The summed E-state index contributed by atoms with van der Waals surface area (Å²) >= 11 is 0. The molecule has 0 radical (unpaired) electrons. The Morgan fingerprint density at radius 2 is 1.52 bits per heavy atom. The first-order valence-corrected chi connectivity index (χ1v) is 9.70. The van der Waals surface area contributed by atoms with E-state index in [-0.39, 0.29) is 0 Å². The summed E-state index contributed by atoms with van der Waals surface area (Å²) in [5, 5.41) is 0. The van der Waals surface area contributed by atoms with Crippen LogP contribution in [0.15, 0.2) is 0 Å². The number of nitrogens with two attached hydrogens (primary N) is 1. The van der Waals surface area contributed by atoms with Crippen molar-refractivity contribution < 1.29 is 0 Å². The molecule has 0 saturated heterocycles. The van der Waals surface area contributed by atoms with Gasteiger partial charge in [-0.25, -0.2) is 0 Å². The molecule has 0 aromatic heterocycles. The van der Waals surface area contributed by atoms with Gasteiger partial charge in [-0.3, -0.25) is 11.3 Å². The molecule has 6 rings (SSSR count). The Hall–Kier alpha value is -0.0800. The van der Waals surface area contributed by atoms with Gasteiger partial charge in [0.05, 0.1) is 0 Å². The largest absolute Gasteiger partial charge is 0.271 e. The molecule has 2 nitrogen and oxygen atoms in total. The van der Waals surface area contributed by atoms with Crippen LogP contribution in [0.5, 0.6) is 0 Å². The second kappa shape index (κ2) is 4.71. The van der Waals surface area contributed by atoms with Crippen molar-refractivity contribution in [1.29, 1.82) is 0 Å². The maximum atomic E-state index is 6.12. The summed E-state index contributed by atoms with van der Waals surface area (Å²) in [4.78, 5) is 0. The summed E-state index contributed by atoms with van der Waals surface area (Å²) in [6, 6.07) is 0.621. The predicted molar refractivity (Wildman–Crippen MR) is 85.3 cm³/mol. The first kappa shape index (κ1) is 13.4. The molecular formula is C19H32N2. The Morgan fingerprint density at radius 1 is 0.857 bits per heavy atom. The van der Waals surface area contributed by atoms with Crippen molar-refractivity contribution in [3.63, 3.8) is 0 Å². The smallest absolute Gasteiger partial charge is 0.0269 e. The molecule has 2 heteroatoms. The second-order valence-corrected chi connectivity index (χ2v) is 9.67. The van der Waals surface area contributed by atoms with Gasteiger partial charge in [0, 0.05) is 6.04 Å². The molecule has 0 heterocycles. The van der Waals surface area contributed by atoms with E-state index in [9.17, 15) is 0 Å². The zero-order valence-electron chi connectivity index (χ0n) is 13.4. The summed E-state index contributed by atoms with van der Waals surface area (Å²) in [5.74, 6) is 12.4. The van der Waals surface area contributed by atoms with Crippen LogP contribution in [-0.2, 0) is 0 Å². The molecule has 3 N–H and O–H groups in total. The minimum absolute atomic E-state index is 0.589. The Balaban J connectivity index is 1.35. The number of hydrazine groups is 1. The fraction of sp³-hybridized carbons (Fsp3) is 1.00. The molecule has 0 aromatic rings. The van der Waals surface area contributed by atoms with E-state index in [4.69, 9.17) is 5.84 Å². The van der Waals surface area contributed by atoms with Crippen molar-refractivity contribution in [1.82, 2.24) is 5.43 Å². The normalized spacial score (nSPS) is 55.3. The molecule has 6 aliphatic rings. The number of hydrogen-bond acceptors (Lipinski definition) is 2. The van der Waals surface area contributed by atoms with Gasteiger partial charge in [-0.2, -0.15) is 0 Å². The molecule has 0 aliphatic heterocycles. The quantitative estimate of drug-likeness (QED) is 0.609. The Bertz CT molecular complexity index is 383. The van der Waals surface area contributed by atoms with E-state index < -0.39 is 0 Å². The molecule has 0 amide bonds. The standard InChI is InChI=1S/C19H32N2/c20-21-18(8-17-7-12-1-2-16(17)6-12)19-9-13-3-14(10-19)5-15(4-13)11-19/h12-18,21H,1-11,20H2. The summed E-state index contributed by atoms with van der Waals surface area (Å²) in [6.07, 6.45) is 16.6. The number of fused-ring (bicyclic) bond motifs is 2. The first-order chi connectivity index (χ1) is 10.2. The van der Waals surface area contributed by atoms with E-state index in [0.29, 0.717) is 11.5 Å². The molecule has 6 bridgehead atoms. The number of hydrogen-bond donors (Lipinski definition) is 2. The lowest BCUT2D eigenvalue weighted by Gasteiger charge is -2.59. The molecule has 6 fully saturated rings. The van der Waals surface area contributed by atoms with Crippen LogP contribution < -0.4 is 11.3 Å². The zero-order valence-corrected chi connectivity index (χ0v) is 13.4. The number of rotatable bonds is 4. The lowest BCUT2D eigenvalue weighted by molar-refractivity contribution is -0.0789. The summed E-state index contributed by atoms with van der Waals surface area (Å²) < 4.78 is 0. The molecule has 6 saturated carbocycles. The molecule has 6 aliphatic carbocycles. The van der Waals surface area contributed by atoms with E-state index in [1.807, 2.05) is 0 Å². The van der Waals surface area contributed by atoms with Crippen LogP contribution in [-0.4, -0.2) is 6.04 Å². The highest BCUT2D eigenvalue weighted by Gasteiger charge is 2.54.